The van der Waals surface area contributed by atoms with E-state index < -0.39 is 0 Å². The van der Waals surface area contributed by atoms with Crippen molar-refractivity contribution < 1.29 is 4.74 Å². The van der Waals surface area contributed by atoms with Crippen molar-refractivity contribution >= 4 is 11.3 Å². The van der Waals surface area contributed by atoms with Gasteiger partial charge in [-0.3, -0.25) is 0 Å². The zero-order valence-electron chi connectivity index (χ0n) is 13.1. The van der Waals surface area contributed by atoms with Crippen molar-refractivity contribution in [1.82, 2.24) is 19.9 Å². The number of aromatic nitrogens is 3. The van der Waals surface area contributed by atoms with Crippen molar-refractivity contribution in [2.75, 3.05) is 38.2 Å². The van der Waals surface area contributed by atoms with Gasteiger partial charge in [0, 0.05) is 44.1 Å². The number of rotatable bonds is 3. The van der Waals surface area contributed by atoms with Gasteiger partial charge in [-0.1, -0.05) is 12.1 Å². The molecule has 1 N–H and O–H groups in total. The SMILES string of the molecule is COc1cccc(-c2cc3c(N4CCNCC4)nccn3n2)c1. The number of hydrogen-bond acceptors (Lipinski definition) is 5. The van der Waals surface area contributed by atoms with E-state index in [9.17, 15) is 0 Å². The molecule has 6 heteroatoms. The molecule has 0 unspecified atom stereocenters. The fraction of sp³-hybridized carbons (Fsp3) is 0.294. The molecule has 1 aliphatic rings. The maximum atomic E-state index is 5.31. The van der Waals surface area contributed by atoms with Crippen LogP contribution in [0.15, 0.2) is 42.7 Å². The predicted octanol–water partition coefficient (Wildman–Crippen LogP) is 1.81. The lowest BCUT2D eigenvalue weighted by Gasteiger charge is -2.28. The first-order valence-corrected chi connectivity index (χ1v) is 7.79. The largest absolute Gasteiger partial charge is 0.497 e. The van der Waals surface area contributed by atoms with Gasteiger partial charge in [-0.25, -0.2) is 9.50 Å². The minimum Gasteiger partial charge on any atom is -0.497 e. The summed E-state index contributed by atoms with van der Waals surface area (Å²) in [5.74, 6) is 1.83. The molecule has 1 saturated heterocycles. The monoisotopic (exact) mass is 309 g/mol. The summed E-state index contributed by atoms with van der Waals surface area (Å²) in [6.07, 6.45) is 3.71. The number of piperazine rings is 1. The summed E-state index contributed by atoms with van der Waals surface area (Å²) in [4.78, 5) is 6.89. The molecule has 0 aliphatic carbocycles. The summed E-state index contributed by atoms with van der Waals surface area (Å²) in [6, 6.07) is 10.1. The lowest BCUT2D eigenvalue weighted by Crippen LogP contribution is -2.44. The molecule has 23 heavy (non-hydrogen) atoms. The quantitative estimate of drug-likeness (QED) is 0.800. The standard InChI is InChI=1S/C17H19N5O/c1-23-14-4-2-3-13(11-14)15-12-16-17(19-7-10-22(16)20-15)21-8-5-18-6-9-21/h2-4,7,10-12,18H,5-6,8-9H2,1H3. The van der Waals surface area contributed by atoms with Crippen LogP contribution < -0.4 is 15.0 Å². The fourth-order valence-electron chi connectivity index (χ4n) is 2.95. The van der Waals surface area contributed by atoms with Crippen LogP contribution in [0.4, 0.5) is 5.82 Å². The van der Waals surface area contributed by atoms with Gasteiger partial charge in [0.1, 0.15) is 11.3 Å². The molecule has 1 fully saturated rings. The van der Waals surface area contributed by atoms with E-state index in [1.54, 1.807) is 7.11 Å². The molecule has 1 aromatic carbocycles. The van der Waals surface area contributed by atoms with Crippen molar-refractivity contribution in [3.05, 3.63) is 42.7 Å². The number of methoxy groups -OCH3 is 1. The van der Waals surface area contributed by atoms with E-state index in [1.165, 1.54) is 0 Å². The Labute approximate surface area is 134 Å². The summed E-state index contributed by atoms with van der Waals surface area (Å²) >= 11 is 0. The minimum absolute atomic E-state index is 0.833. The van der Waals surface area contributed by atoms with Crippen LogP contribution >= 0.6 is 0 Å². The van der Waals surface area contributed by atoms with E-state index in [1.807, 2.05) is 41.2 Å². The van der Waals surface area contributed by atoms with E-state index in [0.29, 0.717) is 0 Å². The van der Waals surface area contributed by atoms with Crippen LogP contribution in [0.5, 0.6) is 5.75 Å². The molecule has 3 aromatic rings. The van der Waals surface area contributed by atoms with Crippen molar-refractivity contribution in [1.29, 1.82) is 0 Å². The molecular weight excluding hydrogens is 290 g/mol. The van der Waals surface area contributed by atoms with Gasteiger partial charge in [-0.15, -0.1) is 0 Å². The van der Waals surface area contributed by atoms with Gasteiger partial charge >= 0.3 is 0 Å². The summed E-state index contributed by atoms with van der Waals surface area (Å²) in [5, 5.41) is 8.06. The van der Waals surface area contributed by atoms with Crippen LogP contribution in [-0.4, -0.2) is 47.9 Å². The van der Waals surface area contributed by atoms with E-state index in [4.69, 9.17) is 9.84 Å². The topological polar surface area (TPSA) is 54.7 Å². The van der Waals surface area contributed by atoms with Crippen molar-refractivity contribution in [2.24, 2.45) is 0 Å². The third kappa shape index (κ3) is 2.61. The molecule has 3 heterocycles. The number of hydrogen-bond donors (Lipinski definition) is 1. The van der Waals surface area contributed by atoms with Crippen LogP contribution in [0.25, 0.3) is 16.8 Å². The highest BCUT2D eigenvalue weighted by Crippen LogP contribution is 2.27. The van der Waals surface area contributed by atoms with Gasteiger partial charge in [-0.2, -0.15) is 5.10 Å². The predicted molar refractivity (Wildman–Crippen MR) is 90.1 cm³/mol. The molecule has 0 atom stereocenters. The Kier molecular flexibility index (Phi) is 3.59. The second kappa shape index (κ2) is 5.89. The van der Waals surface area contributed by atoms with E-state index in [0.717, 1.165) is 54.5 Å². The highest BCUT2D eigenvalue weighted by Gasteiger charge is 2.16. The lowest BCUT2D eigenvalue weighted by atomic mass is 10.1. The Morgan fingerprint density at radius 1 is 1.17 bits per heavy atom. The van der Waals surface area contributed by atoms with Crippen molar-refractivity contribution in [2.45, 2.75) is 0 Å². The Morgan fingerprint density at radius 2 is 2.04 bits per heavy atom. The second-order valence-corrected chi connectivity index (χ2v) is 5.58. The zero-order valence-corrected chi connectivity index (χ0v) is 13.1. The Hall–Kier alpha value is -2.60. The number of benzene rings is 1. The molecule has 0 amide bonds. The van der Waals surface area contributed by atoms with Gasteiger partial charge in [0.05, 0.1) is 12.8 Å². The highest BCUT2D eigenvalue weighted by atomic mass is 16.5. The molecule has 0 saturated carbocycles. The lowest BCUT2D eigenvalue weighted by molar-refractivity contribution is 0.415. The zero-order chi connectivity index (χ0) is 15.6. The molecule has 0 spiro atoms. The van der Waals surface area contributed by atoms with E-state index in [2.05, 4.69) is 21.3 Å². The minimum atomic E-state index is 0.833. The van der Waals surface area contributed by atoms with Crippen LogP contribution in [0.3, 0.4) is 0 Å². The average molecular weight is 309 g/mol. The molecule has 4 rings (SSSR count). The number of anilines is 1. The third-order valence-electron chi connectivity index (χ3n) is 4.15. The fourth-order valence-corrected chi connectivity index (χ4v) is 2.95. The third-order valence-corrected chi connectivity index (χ3v) is 4.15. The maximum Gasteiger partial charge on any atom is 0.154 e. The van der Waals surface area contributed by atoms with Crippen molar-refractivity contribution in [3.8, 4) is 17.0 Å². The number of fused-ring (bicyclic) bond motifs is 1. The molecule has 118 valence electrons. The molecular formula is C17H19N5O. The van der Waals surface area contributed by atoms with Crippen LogP contribution in [0, 0.1) is 0 Å². The smallest absolute Gasteiger partial charge is 0.154 e. The van der Waals surface area contributed by atoms with Crippen LogP contribution in [-0.2, 0) is 0 Å². The first-order chi connectivity index (χ1) is 11.3. The summed E-state index contributed by atoms with van der Waals surface area (Å²) in [7, 11) is 1.68. The Morgan fingerprint density at radius 3 is 2.87 bits per heavy atom. The summed E-state index contributed by atoms with van der Waals surface area (Å²) in [6.45, 7) is 3.90. The summed E-state index contributed by atoms with van der Waals surface area (Å²) in [5.41, 5.74) is 3.00. The van der Waals surface area contributed by atoms with Crippen LogP contribution in [0.2, 0.25) is 0 Å². The van der Waals surface area contributed by atoms with E-state index >= 15 is 0 Å². The normalized spacial score (nSPS) is 15.1. The number of ether oxygens (including phenoxy) is 1. The molecule has 0 radical (unpaired) electrons. The average Bonchev–Trinajstić information content (AvgIpc) is 3.07. The molecule has 2 aromatic heterocycles. The van der Waals surface area contributed by atoms with E-state index in [-0.39, 0.29) is 0 Å². The number of nitrogens with zero attached hydrogens (tertiary/aromatic N) is 4. The summed E-state index contributed by atoms with van der Waals surface area (Å²) < 4.78 is 7.21. The molecule has 6 nitrogen and oxygen atoms in total. The Bertz CT molecular complexity index is 823. The van der Waals surface area contributed by atoms with Crippen LogP contribution in [0.1, 0.15) is 0 Å². The Balaban J connectivity index is 1.78. The highest BCUT2D eigenvalue weighted by molar-refractivity contribution is 5.75. The van der Waals surface area contributed by atoms with Gasteiger partial charge in [0.25, 0.3) is 0 Å². The maximum absolute atomic E-state index is 5.31. The van der Waals surface area contributed by atoms with Gasteiger partial charge in [0.2, 0.25) is 0 Å². The first kappa shape index (κ1) is 14.0. The molecule has 0 bridgehead atoms. The van der Waals surface area contributed by atoms with Gasteiger partial charge in [0.15, 0.2) is 5.82 Å². The van der Waals surface area contributed by atoms with Gasteiger partial charge < -0.3 is 15.0 Å². The second-order valence-electron chi connectivity index (χ2n) is 5.58. The van der Waals surface area contributed by atoms with Gasteiger partial charge in [-0.05, 0) is 18.2 Å². The number of nitrogens with one attached hydrogen (secondary N) is 1. The van der Waals surface area contributed by atoms with Crippen molar-refractivity contribution in [3.63, 3.8) is 0 Å². The molecule has 1 aliphatic heterocycles. The first-order valence-electron chi connectivity index (χ1n) is 7.79.